The molecule has 0 saturated heterocycles. The smallest absolute Gasteiger partial charge is 0.0762 e. The third-order valence-corrected chi connectivity index (χ3v) is 13.4. The van der Waals surface area contributed by atoms with Crippen LogP contribution in [0.4, 0.5) is 0 Å². The van der Waals surface area contributed by atoms with Gasteiger partial charge in [-0.3, -0.25) is 0 Å². The number of rotatable bonds is 7. The molecule has 0 aliphatic rings. The average Bonchev–Trinajstić information content (AvgIpc) is 2.26. The molecule has 0 aromatic heterocycles. The zero-order valence-corrected chi connectivity index (χ0v) is 18.0. The summed E-state index contributed by atoms with van der Waals surface area (Å²) in [6, 6.07) is 0.542. The quantitative estimate of drug-likeness (QED) is 0.704. The third-order valence-electron chi connectivity index (χ3n) is 5.38. The van der Waals surface area contributed by atoms with Crippen molar-refractivity contribution in [3.8, 4) is 0 Å². The SMILES string of the molecule is CC([SiH3])=C(C)C(C)NC[Si](C(C)C)(C(C)C)C(C)C. The molecule has 1 unspecified atom stereocenters. The molecular weight excluding hydrogens is 262 g/mol. The zero-order valence-electron chi connectivity index (χ0n) is 15.0. The van der Waals surface area contributed by atoms with E-state index in [9.17, 15) is 0 Å². The highest BCUT2D eigenvalue weighted by atomic mass is 28.3. The molecule has 1 nitrogen and oxygen atoms in total. The maximum absolute atomic E-state index is 3.87. The van der Waals surface area contributed by atoms with E-state index in [-0.39, 0.29) is 0 Å². The van der Waals surface area contributed by atoms with Crippen LogP contribution in [-0.2, 0) is 0 Å². The molecule has 0 saturated carbocycles. The summed E-state index contributed by atoms with van der Waals surface area (Å²) >= 11 is 0. The standard InChI is InChI=1S/C16H37NSi2/c1-11(2)19(12(3)4,13(5)6)10-17-15(8)14(7)16(9)18/h11-13,15,17H,10H2,1-9,18H3. The van der Waals surface area contributed by atoms with Crippen LogP contribution >= 0.6 is 0 Å². The summed E-state index contributed by atoms with van der Waals surface area (Å²) < 4.78 is 0. The minimum Gasteiger partial charge on any atom is -0.313 e. The number of allylic oxidation sites excluding steroid dienone is 1. The minimum atomic E-state index is -1.29. The summed E-state index contributed by atoms with van der Waals surface area (Å²) in [4.78, 5) is 0. The van der Waals surface area contributed by atoms with Crippen LogP contribution in [0.1, 0.15) is 62.3 Å². The van der Waals surface area contributed by atoms with E-state index in [1.807, 2.05) is 0 Å². The van der Waals surface area contributed by atoms with Crippen LogP contribution in [0.5, 0.6) is 0 Å². The predicted octanol–water partition coefficient (Wildman–Crippen LogP) is 3.84. The number of hydrogen-bond donors (Lipinski definition) is 1. The Morgan fingerprint density at radius 3 is 1.53 bits per heavy atom. The van der Waals surface area contributed by atoms with E-state index in [0.29, 0.717) is 6.04 Å². The molecule has 0 aliphatic carbocycles. The Bertz CT molecular complexity index is 280. The lowest BCUT2D eigenvalue weighted by Crippen LogP contribution is -2.54. The number of hydrogen-bond acceptors (Lipinski definition) is 1. The molecular formula is C16H37NSi2. The molecule has 1 atom stereocenters. The molecule has 0 rings (SSSR count). The van der Waals surface area contributed by atoms with E-state index >= 15 is 0 Å². The van der Waals surface area contributed by atoms with Crippen molar-refractivity contribution in [1.82, 2.24) is 5.32 Å². The van der Waals surface area contributed by atoms with Crippen molar-refractivity contribution < 1.29 is 0 Å². The second kappa shape index (κ2) is 7.79. The highest BCUT2D eigenvalue weighted by Gasteiger charge is 2.42. The lowest BCUT2D eigenvalue weighted by molar-refractivity contribution is 0.638. The summed E-state index contributed by atoms with van der Waals surface area (Å²) in [5.74, 6) is 0. The molecule has 19 heavy (non-hydrogen) atoms. The molecule has 0 radical (unpaired) electrons. The van der Waals surface area contributed by atoms with Gasteiger partial charge in [0.25, 0.3) is 0 Å². The molecule has 0 spiro atoms. The first-order valence-corrected chi connectivity index (χ1v) is 11.4. The van der Waals surface area contributed by atoms with Crippen LogP contribution in [0.15, 0.2) is 10.8 Å². The fourth-order valence-electron chi connectivity index (χ4n) is 3.53. The summed E-state index contributed by atoms with van der Waals surface area (Å²) in [7, 11) is -0.105. The van der Waals surface area contributed by atoms with Gasteiger partial charge in [-0.1, -0.05) is 52.3 Å². The monoisotopic (exact) mass is 299 g/mol. The molecule has 0 aliphatic heterocycles. The van der Waals surface area contributed by atoms with Crippen LogP contribution in [0.25, 0.3) is 0 Å². The van der Waals surface area contributed by atoms with Crippen molar-refractivity contribution in [2.45, 2.75) is 85.0 Å². The van der Waals surface area contributed by atoms with Crippen molar-refractivity contribution >= 4 is 18.3 Å². The van der Waals surface area contributed by atoms with Gasteiger partial charge in [0, 0.05) is 16.3 Å². The lowest BCUT2D eigenvalue weighted by atomic mass is 10.1. The zero-order chi connectivity index (χ0) is 15.4. The Balaban J connectivity index is 5.02. The van der Waals surface area contributed by atoms with E-state index < -0.39 is 8.07 Å². The van der Waals surface area contributed by atoms with Crippen LogP contribution < -0.4 is 5.32 Å². The van der Waals surface area contributed by atoms with Crippen molar-refractivity contribution in [3.63, 3.8) is 0 Å². The van der Waals surface area contributed by atoms with Gasteiger partial charge in [-0.15, -0.1) is 0 Å². The second-order valence-electron chi connectivity index (χ2n) is 7.36. The lowest BCUT2D eigenvalue weighted by Gasteiger charge is -2.44. The van der Waals surface area contributed by atoms with Crippen molar-refractivity contribution in [2.24, 2.45) is 0 Å². The highest BCUT2D eigenvalue weighted by Crippen LogP contribution is 2.40. The predicted molar refractivity (Wildman–Crippen MR) is 96.8 cm³/mol. The van der Waals surface area contributed by atoms with Gasteiger partial charge in [-0.2, -0.15) is 0 Å². The summed E-state index contributed by atoms with van der Waals surface area (Å²) in [5.41, 5.74) is 4.08. The molecule has 3 heteroatoms. The Labute approximate surface area is 126 Å². The molecule has 114 valence electrons. The van der Waals surface area contributed by atoms with E-state index in [0.717, 1.165) is 16.6 Å². The summed E-state index contributed by atoms with van der Waals surface area (Å²) in [5, 5.41) is 5.46. The summed E-state index contributed by atoms with van der Waals surface area (Å²) in [6.45, 7) is 21.6. The topological polar surface area (TPSA) is 12.0 Å². The van der Waals surface area contributed by atoms with Crippen LogP contribution in [0.2, 0.25) is 16.6 Å². The molecule has 0 amide bonds. The molecule has 0 aromatic rings. The fraction of sp³-hybridized carbons (Fsp3) is 0.875. The van der Waals surface area contributed by atoms with E-state index in [2.05, 4.69) is 67.6 Å². The van der Waals surface area contributed by atoms with Gasteiger partial charge in [-0.25, -0.2) is 0 Å². The Morgan fingerprint density at radius 2 is 1.26 bits per heavy atom. The van der Waals surface area contributed by atoms with Crippen LogP contribution in [-0.4, -0.2) is 30.5 Å². The van der Waals surface area contributed by atoms with Gasteiger partial charge in [0.15, 0.2) is 0 Å². The Kier molecular flexibility index (Phi) is 7.85. The largest absolute Gasteiger partial charge is 0.313 e. The minimum absolute atomic E-state index is 0.542. The van der Waals surface area contributed by atoms with Crippen LogP contribution in [0, 0.1) is 0 Å². The van der Waals surface area contributed by atoms with Gasteiger partial charge in [0.2, 0.25) is 0 Å². The first-order chi connectivity index (χ1) is 8.57. The van der Waals surface area contributed by atoms with Gasteiger partial charge in [0.1, 0.15) is 0 Å². The highest BCUT2D eigenvalue weighted by molar-refractivity contribution is 6.83. The Hall–Kier alpha value is 0.134. The van der Waals surface area contributed by atoms with E-state index in [1.54, 1.807) is 10.8 Å². The van der Waals surface area contributed by atoms with Crippen molar-refractivity contribution in [2.75, 3.05) is 6.17 Å². The first kappa shape index (κ1) is 19.1. The van der Waals surface area contributed by atoms with Crippen molar-refractivity contribution in [3.05, 3.63) is 10.8 Å². The molecule has 1 N–H and O–H groups in total. The van der Waals surface area contributed by atoms with Crippen LogP contribution in [0.3, 0.4) is 0 Å². The fourth-order valence-corrected chi connectivity index (χ4v) is 9.85. The van der Waals surface area contributed by atoms with Gasteiger partial charge >= 0.3 is 0 Å². The molecule has 0 fully saturated rings. The molecule has 0 bridgehead atoms. The van der Waals surface area contributed by atoms with Gasteiger partial charge < -0.3 is 5.32 Å². The first-order valence-electron chi connectivity index (χ1n) is 7.94. The molecule has 0 aromatic carbocycles. The Morgan fingerprint density at radius 1 is 0.895 bits per heavy atom. The van der Waals surface area contributed by atoms with Gasteiger partial charge in [0.05, 0.1) is 8.07 Å². The molecule has 0 heterocycles. The maximum Gasteiger partial charge on any atom is 0.0762 e. The number of nitrogens with one attached hydrogen (secondary N) is 1. The average molecular weight is 300 g/mol. The van der Waals surface area contributed by atoms with E-state index in [4.69, 9.17) is 0 Å². The third kappa shape index (κ3) is 4.57. The van der Waals surface area contributed by atoms with Gasteiger partial charge in [-0.05, 0) is 43.6 Å². The normalized spacial score (nSPS) is 16.4. The van der Waals surface area contributed by atoms with Crippen molar-refractivity contribution in [1.29, 1.82) is 0 Å². The maximum atomic E-state index is 3.87. The summed E-state index contributed by atoms with van der Waals surface area (Å²) in [6.07, 6.45) is 1.26. The van der Waals surface area contributed by atoms with E-state index in [1.165, 1.54) is 16.4 Å². The second-order valence-corrected chi connectivity index (χ2v) is 14.9.